The summed E-state index contributed by atoms with van der Waals surface area (Å²) in [6.45, 7) is 6.09. The molecule has 0 saturated carbocycles. The lowest BCUT2D eigenvalue weighted by Crippen LogP contribution is -2.37. The Morgan fingerprint density at radius 1 is 1.50 bits per heavy atom. The fourth-order valence-corrected chi connectivity index (χ4v) is 2.50. The first-order valence-corrected chi connectivity index (χ1v) is 6.41. The highest BCUT2D eigenvalue weighted by atomic mass is 79.9. The summed E-state index contributed by atoms with van der Waals surface area (Å²) in [6.07, 6.45) is 0. The molecule has 0 aliphatic rings. The van der Waals surface area contributed by atoms with Gasteiger partial charge in [-0.2, -0.15) is 0 Å². The Hall–Kier alpha value is 0.1000. The molecule has 0 radical (unpaired) electrons. The standard InChI is InChI=1S/C10H17BrN2S/c1-7(2)9(12)6-13-5-8-3-4-10(11)14-8/h3-4,7,9,13H,5-6,12H2,1-2H3. The van der Waals surface area contributed by atoms with Crippen molar-refractivity contribution < 1.29 is 0 Å². The van der Waals surface area contributed by atoms with Gasteiger partial charge in [0.05, 0.1) is 3.79 Å². The number of hydrogen-bond acceptors (Lipinski definition) is 3. The highest BCUT2D eigenvalue weighted by Gasteiger charge is 2.06. The lowest BCUT2D eigenvalue weighted by atomic mass is 10.1. The molecule has 4 heteroatoms. The maximum absolute atomic E-state index is 5.92. The molecule has 1 unspecified atom stereocenters. The molecule has 14 heavy (non-hydrogen) atoms. The second-order valence-corrected chi connectivity index (χ2v) is 6.29. The van der Waals surface area contributed by atoms with Crippen molar-refractivity contribution in [2.45, 2.75) is 26.4 Å². The van der Waals surface area contributed by atoms with Gasteiger partial charge in [-0.1, -0.05) is 13.8 Å². The molecule has 1 aromatic heterocycles. The molecule has 1 atom stereocenters. The van der Waals surface area contributed by atoms with Gasteiger partial charge in [0.1, 0.15) is 0 Å². The van der Waals surface area contributed by atoms with E-state index in [0.29, 0.717) is 5.92 Å². The van der Waals surface area contributed by atoms with Crippen LogP contribution in [-0.4, -0.2) is 12.6 Å². The maximum Gasteiger partial charge on any atom is 0.0701 e. The minimum absolute atomic E-state index is 0.249. The Kier molecular flexibility index (Phi) is 5.09. The maximum atomic E-state index is 5.92. The minimum Gasteiger partial charge on any atom is -0.326 e. The Balaban J connectivity index is 2.22. The van der Waals surface area contributed by atoms with Crippen LogP contribution < -0.4 is 11.1 Å². The zero-order valence-electron chi connectivity index (χ0n) is 8.59. The zero-order valence-corrected chi connectivity index (χ0v) is 11.0. The molecule has 1 aromatic rings. The SMILES string of the molecule is CC(C)C(N)CNCc1ccc(Br)s1. The summed E-state index contributed by atoms with van der Waals surface area (Å²) in [5, 5.41) is 3.36. The van der Waals surface area contributed by atoms with E-state index in [2.05, 4.69) is 47.2 Å². The van der Waals surface area contributed by atoms with E-state index >= 15 is 0 Å². The van der Waals surface area contributed by atoms with Gasteiger partial charge < -0.3 is 11.1 Å². The highest BCUT2D eigenvalue weighted by molar-refractivity contribution is 9.11. The quantitative estimate of drug-likeness (QED) is 0.868. The van der Waals surface area contributed by atoms with Crippen molar-refractivity contribution in [1.82, 2.24) is 5.32 Å². The van der Waals surface area contributed by atoms with Crippen LogP contribution in [-0.2, 0) is 6.54 Å². The van der Waals surface area contributed by atoms with E-state index in [9.17, 15) is 0 Å². The normalized spacial score (nSPS) is 13.5. The molecular weight excluding hydrogens is 260 g/mol. The number of nitrogens with two attached hydrogens (primary N) is 1. The topological polar surface area (TPSA) is 38.0 Å². The van der Waals surface area contributed by atoms with Crippen molar-refractivity contribution >= 4 is 27.3 Å². The fourth-order valence-electron chi connectivity index (χ4n) is 1.04. The van der Waals surface area contributed by atoms with E-state index in [0.717, 1.165) is 13.1 Å². The average Bonchev–Trinajstić information content (AvgIpc) is 2.51. The van der Waals surface area contributed by atoms with Crippen molar-refractivity contribution in [3.8, 4) is 0 Å². The van der Waals surface area contributed by atoms with E-state index in [1.807, 2.05) is 0 Å². The second kappa shape index (κ2) is 5.85. The van der Waals surface area contributed by atoms with E-state index in [1.165, 1.54) is 8.66 Å². The highest BCUT2D eigenvalue weighted by Crippen LogP contribution is 2.21. The average molecular weight is 277 g/mol. The van der Waals surface area contributed by atoms with E-state index in [1.54, 1.807) is 11.3 Å². The molecule has 3 N–H and O–H groups in total. The zero-order chi connectivity index (χ0) is 10.6. The third kappa shape index (κ3) is 4.09. The third-order valence-corrected chi connectivity index (χ3v) is 3.79. The van der Waals surface area contributed by atoms with Crippen LogP contribution in [0, 0.1) is 5.92 Å². The minimum atomic E-state index is 0.249. The van der Waals surface area contributed by atoms with Gasteiger partial charge in [0.15, 0.2) is 0 Å². The summed E-state index contributed by atoms with van der Waals surface area (Å²) in [5.74, 6) is 0.539. The van der Waals surface area contributed by atoms with Crippen molar-refractivity contribution in [3.05, 3.63) is 20.8 Å². The van der Waals surface area contributed by atoms with Gasteiger partial charge in [0.2, 0.25) is 0 Å². The van der Waals surface area contributed by atoms with Crippen LogP contribution >= 0.6 is 27.3 Å². The van der Waals surface area contributed by atoms with Crippen molar-refractivity contribution in [2.24, 2.45) is 11.7 Å². The number of thiophene rings is 1. The predicted octanol–water partition coefficient (Wildman–Crippen LogP) is 2.58. The van der Waals surface area contributed by atoms with Gasteiger partial charge in [-0.25, -0.2) is 0 Å². The van der Waals surface area contributed by atoms with Gasteiger partial charge in [-0.05, 0) is 34.0 Å². The molecule has 80 valence electrons. The Morgan fingerprint density at radius 3 is 2.71 bits per heavy atom. The van der Waals surface area contributed by atoms with Crippen LogP contribution in [0.25, 0.3) is 0 Å². The van der Waals surface area contributed by atoms with Crippen LogP contribution in [0.5, 0.6) is 0 Å². The molecule has 0 amide bonds. The van der Waals surface area contributed by atoms with E-state index in [4.69, 9.17) is 5.73 Å². The summed E-state index contributed by atoms with van der Waals surface area (Å²) < 4.78 is 1.18. The number of hydrogen-bond donors (Lipinski definition) is 2. The predicted molar refractivity (Wildman–Crippen MR) is 66.5 cm³/mol. The Bertz CT molecular complexity index is 273. The summed E-state index contributed by atoms with van der Waals surface area (Å²) >= 11 is 5.20. The molecule has 0 spiro atoms. The fraction of sp³-hybridized carbons (Fsp3) is 0.600. The summed E-state index contributed by atoms with van der Waals surface area (Å²) in [4.78, 5) is 1.34. The summed E-state index contributed by atoms with van der Waals surface area (Å²) in [5.41, 5.74) is 5.92. The first-order valence-electron chi connectivity index (χ1n) is 4.80. The lowest BCUT2D eigenvalue weighted by molar-refractivity contribution is 0.459. The first-order chi connectivity index (χ1) is 6.59. The number of halogens is 1. The van der Waals surface area contributed by atoms with Crippen LogP contribution in [0.4, 0.5) is 0 Å². The summed E-state index contributed by atoms with van der Waals surface area (Å²) in [6, 6.07) is 4.45. The van der Waals surface area contributed by atoms with Crippen LogP contribution in [0.15, 0.2) is 15.9 Å². The molecular formula is C10H17BrN2S. The Labute approximate surface area is 98.0 Å². The van der Waals surface area contributed by atoms with Crippen molar-refractivity contribution in [1.29, 1.82) is 0 Å². The number of nitrogens with one attached hydrogen (secondary N) is 1. The molecule has 0 bridgehead atoms. The summed E-state index contributed by atoms with van der Waals surface area (Å²) in [7, 11) is 0. The van der Waals surface area contributed by atoms with Crippen molar-refractivity contribution in [2.75, 3.05) is 6.54 Å². The lowest BCUT2D eigenvalue weighted by Gasteiger charge is -2.15. The molecule has 0 fully saturated rings. The van der Waals surface area contributed by atoms with Gasteiger partial charge in [0.25, 0.3) is 0 Å². The molecule has 0 aliphatic heterocycles. The van der Waals surface area contributed by atoms with Crippen molar-refractivity contribution in [3.63, 3.8) is 0 Å². The third-order valence-electron chi connectivity index (χ3n) is 2.16. The molecule has 1 rings (SSSR count). The van der Waals surface area contributed by atoms with Gasteiger partial charge in [-0.3, -0.25) is 0 Å². The van der Waals surface area contributed by atoms with Gasteiger partial charge in [-0.15, -0.1) is 11.3 Å². The second-order valence-electron chi connectivity index (χ2n) is 3.74. The van der Waals surface area contributed by atoms with Gasteiger partial charge >= 0.3 is 0 Å². The monoisotopic (exact) mass is 276 g/mol. The molecule has 0 aromatic carbocycles. The molecule has 0 saturated heterocycles. The first kappa shape index (κ1) is 12.2. The van der Waals surface area contributed by atoms with Crippen LogP contribution in [0.1, 0.15) is 18.7 Å². The molecule has 0 aliphatic carbocycles. The molecule has 1 heterocycles. The largest absolute Gasteiger partial charge is 0.326 e. The van der Waals surface area contributed by atoms with E-state index in [-0.39, 0.29) is 6.04 Å². The van der Waals surface area contributed by atoms with Crippen LogP contribution in [0.3, 0.4) is 0 Å². The number of rotatable bonds is 5. The molecule has 2 nitrogen and oxygen atoms in total. The smallest absolute Gasteiger partial charge is 0.0701 e. The Morgan fingerprint density at radius 2 is 2.21 bits per heavy atom. The van der Waals surface area contributed by atoms with Crippen LogP contribution in [0.2, 0.25) is 0 Å². The van der Waals surface area contributed by atoms with Gasteiger partial charge in [0, 0.05) is 24.0 Å². The van der Waals surface area contributed by atoms with E-state index < -0.39 is 0 Å².